The average molecular weight is 436 g/mol. The molecule has 9 heteroatoms. The number of aromatic nitrogens is 1. The van der Waals surface area contributed by atoms with Crippen LogP contribution in [-0.2, 0) is 21.2 Å². The van der Waals surface area contributed by atoms with Crippen molar-refractivity contribution in [2.75, 3.05) is 0 Å². The summed E-state index contributed by atoms with van der Waals surface area (Å²) in [6, 6.07) is 13.2. The molecule has 2 aromatic carbocycles. The number of nitrogens with one attached hydrogen (secondary N) is 1. The van der Waals surface area contributed by atoms with Gasteiger partial charge in [-0.05, 0) is 30.7 Å². The molecular weight excluding hydrogens is 418 g/mol. The monoisotopic (exact) mass is 435 g/mol. The number of benzene rings is 2. The van der Waals surface area contributed by atoms with Crippen molar-refractivity contribution in [3.05, 3.63) is 70.2 Å². The first-order valence-electron chi connectivity index (χ1n) is 8.35. The maximum absolute atomic E-state index is 12.3. The maximum atomic E-state index is 12.3. The fourth-order valence-corrected chi connectivity index (χ4v) is 4.29. The van der Waals surface area contributed by atoms with E-state index < -0.39 is 10.0 Å². The van der Waals surface area contributed by atoms with E-state index in [-0.39, 0.29) is 23.3 Å². The molecule has 1 atom stereocenters. The van der Waals surface area contributed by atoms with E-state index in [1.807, 2.05) is 30.5 Å². The molecule has 3 aromatic rings. The number of nitrogens with two attached hydrogens (primary N) is 1. The Morgan fingerprint density at radius 3 is 2.54 bits per heavy atom. The van der Waals surface area contributed by atoms with Gasteiger partial charge < -0.3 is 5.32 Å². The third-order valence-electron chi connectivity index (χ3n) is 4.08. The van der Waals surface area contributed by atoms with Crippen LogP contribution in [0.2, 0.25) is 5.02 Å². The average Bonchev–Trinajstić information content (AvgIpc) is 3.09. The van der Waals surface area contributed by atoms with Crippen molar-refractivity contribution in [3.8, 4) is 10.6 Å². The second-order valence-electron chi connectivity index (χ2n) is 6.20. The van der Waals surface area contributed by atoms with Gasteiger partial charge >= 0.3 is 0 Å². The zero-order valence-corrected chi connectivity index (χ0v) is 17.3. The minimum atomic E-state index is -3.74. The Bertz CT molecular complexity index is 1100. The number of hydrogen-bond acceptors (Lipinski definition) is 5. The summed E-state index contributed by atoms with van der Waals surface area (Å²) in [6.07, 6.45) is 0.139. The van der Waals surface area contributed by atoms with Gasteiger partial charge in [0.2, 0.25) is 15.9 Å². The zero-order valence-electron chi connectivity index (χ0n) is 14.9. The van der Waals surface area contributed by atoms with Gasteiger partial charge in [0.15, 0.2) is 0 Å². The minimum Gasteiger partial charge on any atom is -0.349 e. The molecule has 1 amide bonds. The molecular formula is C19H18ClN3O3S2. The Morgan fingerprint density at radius 2 is 1.89 bits per heavy atom. The number of carbonyl (C=O) groups is 1. The first kappa shape index (κ1) is 20.5. The summed E-state index contributed by atoms with van der Waals surface area (Å²) < 4.78 is 22.6. The van der Waals surface area contributed by atoms with Gasteiger partial charge in [0, 0.05) is 10.9 Å². The molecule has 0 saturated carbocycles. The first-order chi connectivity index (χ1) is 13.2. The van der Waals surface area contributed by atoms with Crippen molar-refractivity contribution in [1.82, 2.24) is 10.3 Å². The molecule has 0 spiro atoms. The quantitative estimate of drug-likeness (QED) is 0.618. The highest BCUT2D eigenvalue weighted by molar-refractivity contribution is 7.89. The molecule has 1 heterocycles. The van der Waals surface area contributed by atoms with Crippen LogP contribution >= 0.6 is 22.9 Å². The molecule has 1 aromatic heterocycles. The summed E-state index contributed by atoms with van der Waals surface area (Å²) in [5.74, 6) is -0.181. The Balaban J connectivity index is 1.63. The summed E-state index contributed by atoms with van der Waals surface area (Å²) in [7, 11) is -3.74. The maximum Gasteiger partial charge on any atom is 0.238 e. The standard InChI is InChI=1S/C19H18ClN3O3S2/c1-12(13-6-8-15(9-7-13)28(21,25)26)22-18(24)10-14-11-27-19(23-14)16-4-2-3-5-17(16)20/h2-9,11-12H,10H2,1H3,(H,22,24)(H2,21,25,26). The summed E-state index contributed by atoms with van der Waals surface area (Å²) in [5.41, 5.74) is 2.27. The van der Waals surface area contributed by atoms with Crippen LogP contribution in [0.1, 0.15) is 24.2 Å². The van der Waals surface area contributed by atoms with Crippen molar-refractivity contribution in [3.63, 3.8) is 0 Å². The largest absolute Gasteiger partial charge is 0.349 e. The van der Waals surface area contributed by atoms with Crippen LogP contribution in [0.3, 0.4) is 0 Å². The van der Waals surface area contributed by atoms with Crippen molar-refractivity contribution in [1.29, 1.82) is 0 Å². The predicted octanol–water partition coefficient (Wildman–Crippen LogP) is 3.53. The number of carbonyl (C=O) groups excluding carboxylic acids is 1. The van der Waals surface area contributed by atoms with E-state index in [4.69, 9.17) is 16.7 Å². The molecule has 0 aliphatic carbocycles. The second-order valence-corrected chi connectivity index (χ2v) is 9.03. The van der Waals surface area contributed by atoms with E-state index in [1.165, 1.54) is 23.5 Å². The van der Waals surface area contributed by atoms with Crippen LogP contribution in [0.5, 0.6) is 0 Å². The van der Waals surface area contributed by atoms with Gasteiger partial charge in [-0.1, -0.05) is 41.9 Å². The lowest BCUT2D eigenvalue weighted by Crippen LogP contribution is -2.28. The molecule has 1 unspecified atom stereocenters. The molecule has 0 aliphatic heterocycles. The van der Waals surface area contributed by atoms with E-state index in [9.17, 15) is 13.2 Å². The molecule has 146 valence electrons. The van der Waals surface area contributed by atoms with E-state index in [1.54, 1.807) is 18.2 Å². The second kappa shape index (κ2) is 8.40. The number of nitrogens with zero attached hydrogens (tertiary/aromatic N) is 1. The zero-order chi connectivity index (χ0) is 20.3. The molecule has 28 heavy (non-hydrogen) atoms. The molecule has 0 fully saturated rings. The van der Waals surface area contributed by atoms with E-state index in [0.29, 0.717) is 10.7 Å². The van der Waals surface area contributed by atoms with Crippen molar-refractivity contribution in [2.24, 2.45) is 5.14 Å². The predicted molar refractivity (Wildman–Crippen MR) is 111 cm³/mol. The Morgan fingerprint density at radius 1 is 1.21 bits per heavy atom. The highest BCUT2D eigenvalue weighted by atomic mass is 35.5. The number of thiazole rings is 1. The molecule has 0 bridgehead atoms. The molecule has 3 N–H and O–H groups in total. The lowest BCUT2D eigenvalue weighted by atomic mass is 10.1. The van der Waals surface area contributed by atoms with Gasteiger partial charge in [-0.3, -0.25) is 4.79 Å². The van der Waals surface area contributed by atoms with Crippen LogP contribution < -0.4 is 10.5 Å². The van der Waals surface area contributed by atoms with Crippen LogP contribution in [0.4, 0.5) is 0 Å². The van der Waals surface area contributed by atoms with Gasteiger partial charge in [-0.15, -0.1) is 11.3 Å². The summed E-state index contributed by atoms with van der Waals surface area (Å²) in [5, 5.41) is 11.2. The third-order valence-corrected chi connectivity index (χ3v) is 6.27. The topological polar surface area (TPSA) is 102 Å². The minimum absolute atomic E-state index is 0.0318. The Kier molecular flexibility index (Phi) is 6.14. The highest BCUT2D eigenvalue weighted by Crippen LogP contribution is 2.30. The van der Waals surface area contributed by atoms with E-state index >= 15 is 0 Å². The highest BCUT2D eigenvalue weighted by Gasteiger charge is 2.14. The van der Waals surface area contributed by atoms with Crippen LogP contribution in [0, 0.1) is 0 Å². The number of rotatable bonds is 6. The van der Waals surface area contributed by atoms with Crippen molar-refractivity contribution < 1.29 is 13.2 Å². The summed E-state index contributed by atoms with van der Waals surface area (Å²) in [6.45, 7) is 1.82. The normalized spacial score (nSPS) is 12.5. The van der Waals surface area contributed by atoms with Crippen LogP contribution in [0.15, 0.2) is 58.8 Å². The molecule has 0 aliphatic rings. The summed E-state index contributed by atoms with van der Waals surface area (Å²) >= 11 is 7.63. The van der Waals surface area contributed by atoms with Crippen LogP contribution in [-0.4, -0.2) is 19.3 Å². The number of halogens is 1. The lowest BCUT2D eigenvalue weighted by Gasteiger charge is -2.14. The van der Waals surface area contributed by atoms with Gasteiger partial charge in [-0.25, -0.2) is 18.5 Å². The smallest absolute Gasteiger partial charge is 0.238 e. The fourth-order valence-electron chi connectivity index (χ4n) is 2.63. The van der Waals surface area contributed by atoms with Gasteiger partial charge in [0.05, 0.1) is 28.1 Å². The third kappa shape index (κ3) is 4.96. The van der Waals surface area contributed by atoms with Crippen molar-refractivity contribution in [2.45, 2.75) is 24.3 Å². The van der Waals surface area contributed by atoms with E-state index in [0.717, 1.165) is 16.1 Å². The lowest BCUT2D eigenvalue weighted by molar-refractivity contribution is -0.121. The Labute approximate surface area is 172 Å². The fraction of sp³-hybridized carbons (Fsp3) is 0.158. The van der Waals surface area contributed by atoms with Gasteiger partial charge in [0.1, 0.15) is 5.01 Å². The van der Waals surface area contributed by atoms with Crippen LogP contribution in [0.25, 0.3) is 10.6 Å². The van der Waals surface area contributed by atoms with Crippen molar-refractivity contribution >= 4 is 38.9 Å². The SMILES string of the molecule is CC(NC(=O)Cc1csc(-c2ccccc2Cl)n1)c1ccc(S(N)(=O)=O)cc1. The number of hydrogen-bond donors (Lipinski definition) is 2. The molecule has 0 saturated heterocycles. The molecule has 6 nitrogen and oxygen atoms in total. The Hall–Kier alpha value is -2.26. The molecule has 3 rings (SSSR count). The molecule has 0 radical (unpaired) electrons. The first-order valence-corrected chi connectivity index (χ1v) is 11.2. The van der Waals surface area contributed by atoms with Gasteiger partial charge in [0.25, 0.3) is 0 Å². The van der Waals surface area contributed by atoms with Gasteiger partial charge in [-0.2, -0.15) is 0 Å². The number of primary sulfonamides is 1. The summed E-state index contributed by atoms with van der Waals surface area (Å²) in [4.78, 5) is 16.9. The number of amides is 1. The number of sulfonamides is 1. The van der Waals surface area contributed by atoms with E-state index in [2.05, 4.69) is 10.3 Å².